The van der Waals surface area contributed by atoms with Gasteiger partial charge in [-0.25, -0.2) is 4.98 Å². The van der Waals surface area contributed by atoms with E-state index in [0.717, 1.165) is 24.7 Å². The number of anilines is 2. The summed E-state index contributed by atoms with van der Waals surface area (Å²) >= 11 is 5.75. The molecule has 0 aliphatic carbocycles. The number of nitrogens with zero attached hydrogens (tertiary/aromatic N) is 1. The molecule has 0 aliphatic heterocycles. The van der Waals surface area contributed by atoms with Crippen LogP contribution < -0.4 is 11.1 Å². The maximum atomic E-state index is 5.75. The van der Waals surface area contributed by atoms with Gasteiger partial charge < -0.3 is 11.1 Å². The van der Waals surface area contributed by atoms with Crippen LogP contribution in [0, 0.1) is 5.92 Å². The van der Waals surface area contributed by atoms with Crippen molar-refractivity contribution in [3.8, 4) is 0 Å². The van der Waals surface area contributed by atoms with Crippen LogP contribution in [-0.4, -0.2) is 11.5 Å². The average molecular weight is 228 g/mol. The van der Waals surface area contributed by atoms with Crippen molar-refractivity contribution in [1.82, 2.24) is 4.98 Å². The van der Waals surface area contributed by atoms with Gasteiger partial charge in [-0.1, -0.05) is 25.4 Å². The van der Waals surface area contributed by atoms with Gasteiger partial charge in [-0.2, -0.15) is 0 Å². The van der Waals surface area contributed by atoms with Gasteiger partial charge in [0.25, 0.3) is 0 Å². The summed E-state index contributed by atoms with van der Waals surface area (Å²) in [5, 5.41) is 3.77. The third-order valence-corrected chi connectivity index (χ3v) is 2.34. The fourth-order valence-electron chi connectivity index (χ4n) is 1.32. The molecule has 1 rings (SSSR count). The first-order valence-electron chi connectivity index (χ1n) is 5.24. The van der Waals surface area contributed by atoms with Crippen LogP contribution in [0.1, 0.15) is 26.7 Å². The lowest BCUT2D eigenvalue weighted by Crippen LogP contribution is -2.06. The maximum absolute atomic E-state index is 5.75. The van der Waals surface area contributed by atoms with E-state index in [9.17, 15) is 0 Å². The van der Waals surface area contributed by atoms with Crippen LogP contribution in [0.25, 0.3) is 0 Å². The molecular formula is C11H18ClN3. The van der Waals surface area contributed by atoms with Crippen LogP contribution >= 0.6 is 11.6 Å². The number of hydrogen-bond acceptors (Lipinski definition) is 3. The number of aromatic nitrogens is 1. The van der Waals surface area contributed by atoms with Gasteiger partial charge in [0.05, 0.1) is 10.7 Å². The number of pyridine rings is 1. The summed E-state index contributed by atoms with van der Waals surface area (Å²) < 4.78 is 0. The molecule has 1 aromatic rings. The monoisotopic (exact) mass is 227 g/mol. The molecule has 3 nitrogen and oxygen atoms in total. The van der Waals surface area contributed by atoms with Crippen molar-refractivity contribution in [3.63, 3.8) is 0 Å². The van der Waals surface area contributed by atoms with Crippen LogP contribution in [0.4, 0.5) is 11.5 Å². The fourth-order valence-corrected chi connectivity index (χ4v) is 1.49. The third kappa shape index (κ3) is 4.38. The molecule has 15 heavy (non-hydrogen) atoms. The molecule has 4 heteroatoms. The maximum Gasteiger partial charge on any atom is 0.149 e. The summed E-state index contributed by atoms with van der Waals surface area (Å²) in [5.74, 6) is 1.46. The zero-order chi connectivity index (χ0) is 11.3. The number of rotatable bonds is 5. The highest BCUT2D eigenvalue weighted by atomic mass is 35.5. The highest BCUT2D eigenvalue weighted by Gasteiger charge is 2.00. The molecule has 0 aromatic carbocycles. The quantitative estimate of drug-likeness (QED) is 0.760. The van der Waals surface area contributed by atoms with Gasteiger partial charge in [0.15, 0.2) is 0 Å². The number of nitrogens with two attached hydrogens (primary N) is 1. The summed E-state index contributed by atoms with van der Waals surface area (Å²) in [7, 11) is 0. The molecular weight excluding hydrogens is 210 g/mol. The zero-order valence-electron chi connectivity index (χ0n) is 9.26. The zero-order valence-corrected chi connectivity index (χ0v) is 10.0. The molecule has 0 aliphatic rings. The minimum absolute atomic E-state index is 0.570. The Hall–Kier alpha value is -0.960. The molecule has 84 valence electrons. The predicted molar refractivity (Wildman–Crippen MR) is 66.2 cm³/mol. The van der Waals surface area contributed by atoms with E-state index >= 15 is 0 Å². The lowest BCUT2D eigenvalue weighted by molar-refractivity contribution is 0.567. The van der Waals surface area contributed by atoms with Gasteiger partial charge in [-0.3, -0.25) is 0 Å². The van der Waals surface area contributed by atoms with E-state index in [1.807, 2.05) is 0 Å². The Morgan fingerprint density at radius 1 is 1.53 bits per heavy atom. The van der Waals surface area contributed by atoms with Crippen molar-refractivity contribution in [2.75, 3.05) is 17.6 Å². The van der Waals surface area contributed by atoms with E-state index in [1.54, 1.807) is 12.3 Å². The molecule has 0 saturated heterocycles. The van der Waals surface area contributed by atoms with Crippen LogP contribution in [-0.2, 0) is 0 Å². The van der Waals surface area contributed by atoms with E-state index in [0.29, 0.717) is 10.7 Å². The van der Waals surface area contributed by atoms with E-state index < -0.39 is 0 Å². The molecule has 0 atom stereocenters. The van der Waals surface area contributed by atoms with E-state index in [-0.39, 0.29) is 0 Å². The van der Waals surface area contributed by atoms with Crippen LogP contribution in [0.2, 0.25) is 5.02 Å². The molecule has 0 spiro atoms. The van der Waals surface area contributed by atoms with Gasteiger partial charge in [0, 0.05) is 12.7 Å². The Bertz CT molecular complexity index is 313. The van der Waals surface area contributed by atoms with E-state index in [1.165, 1.54) is 6.42 Å². The first-order valence-corrected chi connectivity index (χ1v) is 5.62. The molecule has 0 amide bonds. The van der Waals surface area contributed by atoms with Gasteiger partial charge in [0.2, 0.25) is 0 Å². The van der Waals surface area contributed by atoms with Crippen LogP contribution in [0.5, 0.6) is 0 Å². The second kappa shape index (κ2) is 5.81. The van der Waals surface area contributed by atoms with Gasteiger partial charge in [0.1, 0.15) is 5.82 Å². The van der Waals surface area contributed by atoms with Gasteiger partial charge in [-0.15, -0.1) is 0 Å². The molecule has 0 unspecified atom stereocenters. The molecule has 1 aromatic heterocycles. The largest absolute Gasteiger partial charge is 0.396 e. The minimum atomic E-state index is 0.570. The molecule has 0 radical (unpaired) electrons. The molecule has 0 saturated carbocycles. The van der Waals surface area contributed by atoms with E-state index in [4.69, 9.17) is 17.3 Å². The van der Waals surface area contributed by atoms with Crippen molar-refractivity contribution in [2.45, 2.75) is 26.7 Å². The number of nitrogens with one attached hydrogen (secondary N) is 1. The second-order valence-electron chi connectivity index (χ2n) is 4.05. The Kier molecular flexibility index (Phi) is 4.69. The minimum Gasteiger partial charge on any atom is -0.396 e. The summed E-state index contributed by atoms with van der Waals surface area (Å²) in [5.41, 5.74) is 6.36. The predicted octanol–water partition coefficient (Wildman–Crippen LogP) is 3.17. The van der Waals surface area contributed by atoms with Crippen molar-refractivity contribution >= 4 is 23.1 Å². The molecule has 0 fully saturated rings. The lowest BCUT2D eigenvalue weighted by Gasteiger charge is -2.09. The molecule has 3 N–H and O–H groups in total. The Balaban J connectivity index is 2.37. The fraction of sp³-hybridized carbons (Fsp3) is 0.545. The SMILES string of the molecule is CC(C)CCCNc1ncc(Cl)cc1N. The third-order valence-electron chi connectivity index (χ3n) is 2.13. The Morgan fingerprint density at radius 3 is 2.87 bits per heavy atom. The van der Waals surface area contributed by atoms with Gasteiger partial charge >= 0.3 is 0 Å². The number of halogens is 1. The second-order valence-corrected chi connectivity index (χ2v) is 4.49. The first-order chi connectivity index (χ1) is 7.09. The van der Waals surface area contributed by atoms with Crippen LogP contribution in [0.15, 0.2) is 12.3 Å². The van der Waals surface area contributed by atoms with Crippen LogP contribution in [0.3, 0.4) is 0 Å². The van der Waals surface area contributed by atoms with Crippen molar-refractivity contribution in [3.05, 3.63) is 17.3 Å². The lowest BCUT2D eigenvalue weighted by atomic mass is 10.1. The first kappa shape index (κ1) is 12.1. The van der Waals surface area contributed by atoms with E-state index in [2.05, 4.69) is 24.1 Å². The normalized spacial score (nSPS) is 10.7. The Labute approximate surface area is 96.0 Å². The van der Waals surface area contributed by atoms with Crippen molar-refractivity contribution < 1.29 is 0 Å². The highest BCUT2D eigenvalue weighted by Crippen LogP contribution is 2.19. The Morgan fingerprint density at radius 2 is 2.27 bits per heavy atom. The van der Waals surface area contributed by atoms with Crippen molar-refractivity contribution in [2.24, 2.45) is 5.92 Å². The highest BCUT2D eigenvalue weighted by molar-refractivity contribution is 6.30. The smallest absolute Gasteiger partial charge is 0.149 e. The number of nitrogen functional groups attached to an aromatic ring is 1. The standard InChI is InChI=1S/C11H18ClN3/c1-8(2)4-3-5-14-11-10(13)6-9(12)7-15-11/h6-8H,3-5,13H2,1-2H3,(H,14,15). The summed E-state index contributed by atoms with van der Waals surface area (Å²) in [6.45, 7) is 5.33. The summed E-state index contributed by atoms with van der Waals surface area (Å²) in [6, 6.07) is 1.71. The summed E-state index contributed by atoms with van der Waals surface area (Å²) in [6.07, 6.45) is 3.94. The number of hydrogen-bond donors (Lipinski definition) is 2. The molecule has 0 bridgehead atoms. The van der Waals surface area contributed by atoms with Crippen molar-refractivity contribution in [1.29, 1.82) is 0 Å². The summed E-state index contributed by atoms with van der Waals surface area (Å²) in [4.78, 5) is 4.13. The topological polar surface area (TPSA) is 50.9 Å². The molecule has 1 heterocycles. The average Bonchev–Trinajstić information content (AvgIpc) is 2.14. The van der Waals surface area contributed by atoms with Gasteiger partial charge in [-0.05, 0) is 24.8 Å².